The molecule has 0 aliphatic carbocycles. The van der Waals surface area contributed by atoms with Gasteiger partial charge in [-0.25, -0.2) is 0 Å². The molecule has 0 spiro atoms. The van der Waals surface area contributed by atoms with Crippen LogP contribution in [0.3, 0.4) is 0 Å². The van der Waals surface area contributed by atoms with E-state index in [9.17, 15) is 15.0 Å². The first kappa shape index (κ1) is 18.8. The van der Waals surface area contributed by atoms with Gasteiger partial charge in [0.15, 0.2) is 0 Å². The van der Waals surface area contributed by atoms with Crippen molar-refractivity contribution in [3.63, 3.8) is 0 Å². The van der Waals surface area contributed by atoms with E-state index in [0.717, 1.165) is 12.2 Å². The summed E-state index contributed by atoms with van der Waals surface area (Å²) in [5, 5.41) is 24.5. The lowest BCUT2D eigenvalue weighted by Gasteiger charge is -2.16. The number of aliphatic hydroxyl groups is 1. The van der Waals surface area contributed by atoms with Crippen molar-refractivity contribution in [1.29, 1.82) is 0 Å². The number of carbonyl (C=O) groups excluding carboxylic acids is 1. The molecule has 0 aliphatic heterocycles. The molecule has 2 aromatic rings. The molecule has 0 radical (unpaired) electrons. The molecular weight excluding hydrogens is 320 g/mol. The van der Waals surface area contributed by atoms with Crippen molar-refractivity contribution in [2.24, 2.45) is 0 Å². The van der Waals surface area contributed by atoms with Crippen molar-refractivity contribution in [2.45, 2.75) is 25.5 Å². The standard InChI is InChI=1S/C19H24N2O4/c1-13(9-14-3-6-16(25-2)7-4-14)20-11-19(24)15-5-8-18(23)17(10-15)21-12-22/h3-8,10,12-13,19-20,23-24H,9,11H2,1-2H3,(H,21,22)/p+1. The highest BCUT2D eigenvalue weighted by atomic mass is 16.5. The molecule has 1 amide bonds. The number of aliphatic hydroxyl groups excluding tert-OH is 1. The van der Waals surface area contributed by atoms with Crippen molar-refractivity contribution < 1.29 is 25.1 Å². The van der Waals surface area contributed by atoms with E-state index in [1.54, 1.807) is 19.2 Å². The van der Waals surface area contributed by atoms with Gasteiger partial charge >= 0.3 is 0 Å². The highest BCUT2D eigenvalue weighted by molar-refractivity contribution is 5.75. The second-order valence-corrected chi connectivity index (χ2v) is 6.06. The fourth-order valence-electron chi connectivity index (χ4n) is 2.65. The number of phenolic OH excluding ortho intramolecular Hbond substituents is 1. The second-order valence-electron chi connectivity index (χ2n) is 6.06. The predicted octanol–water partition coefficient (Wildman–Crippen LogP) is 1.20. The first-order valence-electron chi connectivity index (χ1n) is 8.21. The maximum absolute atomic E-state index is 10.5. The van der Waals surface area contributed by atoms with Crippen LogP contribution in [0.5, 0.6) is 11.5 Å². The summed E-state index contributed by atoms with van der Waals surface area (Å²) in [7, 11) is 1.64. The number of benzene rings is 2. The molecule has 0 saturated heterocycles. The minimum absolute atomic E-state index is 0.0279. The van der Waals surface area contributed by atoms with Gasteiger partial charge < -0.3 is 25.6 Å². The van der Waals surface area contributed by atoms with Gasteiger partial charge in [-0.15, -0.1) is 0 Å². The molecule has 134 valence electrons. The van der Waals surface area contributed by atoms with Gasteiger partial charge in [-0.1, -0.05) is 18.2 Å². The molecule has 2 atom stereocenters. The summed E-state index contributed by atoms with van der Waals surface area (Å²) in [6.07, 6.45) is 0.685. The summed E-state index contributed by atoms with van der Waals surface area (Å²) in [5.41, 5.74) is 2.15. The molecule has 0 bridgehead atoms. The first-order chi connectivity index (χ1) is 12.0. The summed E-state index contributed by atoms with van der Waals surface area (Å²) in [6.45, 7) is 2.59. The van der Waals surface area contributed by atoms with Crippen LogP contribution in [0.1, 0.15) is 24.2 Å². The molecule has 25 heavy (non-hydrogen) atoms. The molecule has 0 aromatic heterocycles. The largest absolute Gasteiger partial charge is 0.506 e. The Kier molecular flexibility index (Phi) is 6.80. The Morgan fingerprint density at radius 2 is 1.96 bits per heavy atom. The average molecular weight is 345 g/mol. The molecule has 5 N–H and O–H groups in total. The number of quaternary nitrogens is 1. The maximum atomic E-state index is 10.5. The molecule has 2 unspecified atom stereocenters. The number of nitrogens with one attached hydrogen (secondary N) is 1. The van der Waals surface area contributed by atoms with E-state index >= 15 is 0 Å². The average Bonchev–Trinajstić information content (AvgIpc) is 2.62. The van der Waals surface area contributed by atoms with Crippen LogP contribution in [0, 0.1) is 0 Å². The highest BCUT2D eigenvalue weighted by Crippen LogP contribution is 2.26. The van der Waals surface area contributed by atoms with Crippen molar-refractivity contribution >= 4 is 12.1 Å². The van der Waals surface area contributed by atoms with Crippen LogP contribution in [-0.2, 0) is 11.2 Å². The number of phenols is 1. The third-order valence-corrected chi connectivity index (χ3v) is 4.10. The summed E-state index contributed by atoms with van der Waals surface area (Å²) in [5.74, 6) is 0.808. The Morgan fingerprint density at radius 3 is 2.60 bits per heavy atom. The lowest BCUT2D eigenvalue weighted by atomic mass is 10.1. The van der Waals surface area contributed by atoms with Gasteiger partial charge in [0, 0.05) is 6.42 Å². The number of methoxy groups -OCH3 is 1. The van der Waals surface area contributed by atoms with Crippen molar-refractivity contribution in [3.05, 3.63) is 53.6 Å². The zero-order valence-electron chi connectivity index (χ0n) is 14.5. The maximum Gasteiger partial charge on any atom is 0.211 e. The van der Waals surface area contributed by atoms with Crippen LogP contribution in [0.25, 0.3) is 0 Å². The smallest absolute Gasteiger partial charge is 0.211 e. The number of hydrogen-bond donors (Lipinski definition) is 4. The number of ether oxygens (including phenoxy) is 1. The van der Waals surface area contributed by atoms with E-state index in [2.05, 4.69) is 17.6 Å². The molecular formula is C19H25N2O4+. The van der Waals surface area contributed by atoms with Crippen molar-refractivity contribution in [1.82, 2.24) is 0 Å². The number of carbonyl (C=O) groups is 1. The van der Waals surface area contributed by atoms with Gasteiger partial charge in [0.2, 0.25) is 6.41 Å². The molecule has 6 nitrogen and oxygen atoms in total. The van der Waals surface area contributed by atoms with Gasteiger partial charge in [0.05, 0.1) is 18.8 Å². The Hall–Kier alpha value is -2.57. The molecule has 0 saturated carbocycles. The Labute approximate surface area is 147 Å². The normalized spacial score (nSPS) is 13.1. The molecule has 0 heterocycles. The van der Waals surface area contributed by atoms with E-state index in [-0.39, 0.29) is 11.4 Å². The van der Waals surface area contributed by atoms with Gasteiger partial charge in [0.25, 0.3) is 0 Å². The summed E-state index contributed by atoms with van der Waals surface area (Å²) in [6, 6.07) is 12.9. The zero-order valence-corrected chi connectivity index (χ0v) is 14.5. The number of anilines is 1. The lowest BCUT2D eigenvalue weighted by molar-refractivity contribution is -0.692. The van der Waals surface area contributed by atoms with Crippen LogP contribution in [-0.4, -0.2) is 36.3 Å². The number of amides is 1. The van der Waals surface area contributed by atoms with Crippen LogP contribution < -0.4 is 15.4 Å². The van der Waals surface area contributed by atoms with Crippen LogP contribution in [0.4, 0.5) is 5.69 Å². The highest BCUT2D eigenvalue weighted by Gasteiger charge is 2.15. The summed E-state index contributed by atoms with van der Waals surface area (Å²) in [4.78, 5) is 10.5. The molecule has 2 aromatic carbocycles. The first-order valence-corrected chi connectivity index (χ1v) is 8.21. The third kappa shape index (κ3) is 5.48. The van der Waals surface area contributed by atoms with E-state index in [4.69, 9.17) is 4.74 Å². The Balaban J connectivity index is 1.88. The second kappa shape index (κ2) is 9.05. The summed E-state index contributed by atoms with van der Waals surface area (Å²) >= 11 is 0. The van der Waals surface area contributed by atoms with Gasteiger partial charge in [-0.3, -0.25) is 4.79 Å². The SMILES string of the molecule is COc1ccc(CC(C)[NH2+]CC(O)c2ccc(O)c(NC=O)c2)cc1. The van der Waals surface area contributed by atoms with Gasteiger partial charge in [0.1, 0.15) is 24.1 Å². The van der Waals surface area contributed by atoms with E-state index < -0.39 is 6.10 Å². The van der Waals surface area contributed by atoms with E-state index in [1.165, 1.54) is 11.6 Å². The fourth-order valence-corrected chi connectivity index (χ4v) is 2.65. The monoisotopic (exact) mass is 345 g/mol. The number of aromatic hydroxyl groups is 1. The zero-order chi connectivity index (χ0) is 18.2. The molecule has 2 rings (SSSR count). The minimum atomic E-state index is -0.689. The van der Waals surface area contributed by atoms with E-state index in [0.29, 0.717) is 24.6 Å². The third-order valence-electron chi connectivity index (χ3n) is 4.10. The quantitative estimate of drug-likeness (QED) is 0.406. The topological polar surface area (TPSA) is 95.4 Å². The van der Waals surface area contributed by atoms with Gasteiger partial charge in [-0.2, -0.15) is 0 Å². The van der Waals surface area contributed by atoms with Crippen LogP contribution in [0.15, 0.2) is 42.5 Å². The molecule has 0 aliphatic rings. The Morgan fingerprint density at radius 1 is 1.24 bits per heavy atom. The Bertz CT molecular complexity index is 688. The molecule has 0 fully saturated rings. The van der Waals surface area contributed by atoms with Crippen molar-refractivity contribution in [2.75, 3.05) is 19.0 Å². The molecule has 6 heteroatoms. The predicted molar refractivity (Wildman–Crippen MR) is 95.7 cm³/mol. The number of nitrogens with two attached hydrogens (primary N) is 1. The number of rotatable bonds is 9. The van der Waals surface area contributed by atoms with Gasteiger partial charge in [-0.05, 0) is 42.3 Å². The number of hydrogen-bond acceptors (Lipinski definition) is 4. The minimum Gasteiger partial charge on any atom is -0.506 e. The fraction of sp³-hybridized carbons (Fsp3) is 0.316. The van der Waals surface area contributed by atoms with Crippen LogP contribution >= 0.6 is 0 Å². The van der Waals surface area contributed by atoms with E-state index in [1.807, 2.05) is 24.3 Å². The van der Waals surface area contributed by atoms with Crippen molar-refractivity contribution in [3.8, 4) is 11.5 Å². The van der Waals surface area contributed by atoms with Crippen LogP contribution in [0.2, 0.25) is 0 Å². The lowest BCUT2D eigenvalue weighted by Crippen LogP contribution is -2.90. The summed E-state index contributed by atoms with van der Waals surface area (Å²) < 4.78 is 5.15.